The highest BCUT2D eigenvalue weighted by Crippen LogP contribution is 2.26. The molecule has 0 bridgehead atoms. The molecule has 0 aromatic carbocycles. The molecule has 0 spiro atoms. The summed E-state index contributed by atoms with van der Waals surface area (Å²) in [6, 6.07) is 0. The predicted octanol–water partition coefficient (Wildman–Crippen LogP) is 6.85. The largest absolute Gasteiger partial charge is 0.464 e. The molecular weight excluding hydrogens is 388 g/mol. The van der Waals surface area contributed by atoms with E-state index in [1.807, 2.05) is 6.92 Å². The fraction of sp³-hybridized carbons (Fsp3) is 0.957. The maximum absolute atomic E-state index is 12.2. The smallest absolute Gasteiger partial charge is 0.329 e. The molecule has 0 aromatic rings. The monoisotopic (exact) mass is 434 g/mol. The average molecular weight is 435 g/mol. The van der Waals surface area contributed by atoms with Crippen LogP contribution in [0.1, 0.15) is 130 Å². The Bertz CT molecular complexity index is 503. The molecule has 0 rings (SSSR count). The number of hydrogen-bond acceptors (Lipinski definition) is 4. The highest BCUT2D eigenvalue weighted by molar-refractivity contribution is 7.88. The van der Waals surface area contributed by atoms with Gasteiger partial charge in [-0.25, -0.2) is 0 Å². The van der Waals surface area contributed by atoms with Crippen LogP contribution in [0.15, 0.2) is 0 Å². The highest BCUT2D eigenvalue weighted by Gasteiger charge is 2.46. The molecule has 0 aliphatic rings. The summed E-state index contributed by atoms with van der Waals surface area (Å²) < 4.78 is 36.2. The van der Waals surface area contributed by atoms with E-state index in [4.69, 9.17) is 4.74 Å². The Balaban J connectivity index is 3.85. The lowest BCUT2D eigenvalue weighted by molar-refractivity contribution is -0.146. The molecule has 5 nitrogen and oxygen atoms in total. The van der Waals surface area contributed by atoms with Gasteiger partial charge < -0.3 is 4.74 Å². The molecule has 1 atom stereocenters. The molecule has 29 heavy (non-hydrogen) atoms. The van der Waals surface area contributed by atoms with Crippen molar-refractivity contribution in [2.24, 2.45) is 0 Å². The Hall–Kier alpha value is -0.620. The van der Waals surface area contributed by atoms with E-state index in [9.17, 15) is 17.8 Å². The molecule has 0 radical (unpaired) electrons. The van der Waals surface area contributed by atoms with Crippen LogP contribution in [0.3, 0.4) is 0 Å². The van der Waals surface area contributed by atoms with Crippen molar-refractivity contribution in [2.45, 2.75) is 135 Å². The van der Waals surface area contributed by atoms with Crippen LogP contribution in [-0.4, -0.2) is 30.3 Å². The van der Waals surface area contributed by atoms with E-state index in [-0.39, 0.29) is 13.0 Å². The fourth-order valence-corrected chi connectivity index (χ4v) is 4.13. The van der Waals surface area contributed by atoms with Gasteiger partial charge in [-0.3, -0.25) is 9.35 Å². The van der Waals surface area contributed by atoms with Crippen molar-refractivity contribution in [3.05, 3.63) is 0 Å². The Morgan fingerprint density at radius 1 is 0.724 bits per heavy atom. The third-order valence-corrected chi connectivity index (χ3v) is 7.25. The van der Waals surface area contributed by atoms with Crippen molar-refractivity contribution < 1.29 is 22.5 Å². The van der Waals surface area contributed by atoms with Crippen LogP contribution in [0.2, 0.25) is 0 Å². The van der Waals surface area contributed by atoms with Gasteiger partial charge >= 0.3 is 5.97 Å². The molecule has 0 saturated heterocycles. The summed E-state index contributed by atoms with van der Waals surface area (Å²) in [6.45, 7) is 5.68. The molecule has 0 aliphatic heterocycles. The lowest BCUT2D eigenvalue weighted by Crippen LogP contribution is -2.44. The zero-order valence-corrected chi connectivity index (χ0v) is 20.0. The summed E-state index contributed by atoms with van der Waals surface area (Å²) >= 11 is 0. The van der Waals surface area contributed by atoms with Crippen molar-refractivity contribution >= 4 is 16.1 Å². The summed E-state index contributed by atoms with van der Waals surface area (Å²) in [4.78, 5) is 12.2. The number of carbonyl (C=O) groups is 1. The second kappa shape index (κ2) is 17.1. The molecule has 1 unspecified atom stereocenters. The minimum Gasteiger partial charge on any atom is -0.464 e. The summed E-state index contributed by atoms with van der Waals surface area (Å²) in [5.41, 5.74) is 0. The summed E-state index contributed by atoms with van der Waals surface area (Å²) in [5.74, 6) is -0.830. The first kappa shape index (κ1) is 28.4. The van der Waals surface area contributed by atoms with E-state index in [2.05, 4.69) is 6.92 Å². The zero-order chi connectivity index (χ0) is 22.0. The van der Waals surface area contributed by atoms with Crippen LogP contribution in [0.25, 0.3) is 0 Å². The summed E-state index contributed by atoms with van der Waals surface area (Å²) in [7, 11) is -4.49. The van der Waals surface area contributed by atoms with Crippen LogP contribution in [0.4, 0.5) is 0 Å². The normalized spacial score (nSPS) is 13.9. The maximum Gasteiger partial charge on any atom is 0.329 e. The Morgan fingerprint density at radius 2 is 1.10 bits per heavy atom. The molecule has 0 saturated carbocycles. The quantitative estimate of drug-likeness (QED) is 0.129. The number of carbonyl (C=O) groups excluding carboxylic acids is 1. The van der Waals surface area contributed by atoms with Crippen molar-refractivity contribution in [2.75, 3.05) is 6.61 Å². The molecule has 174 valence electrons. The van der Waals surface area contributed by atoms with E-state index in [1.54, 1.807) is 0 Å². The molecular formula is C23H46O5S. The number of esters is 1. The third-order valence-electron chi connectivity index (χ3n) is 5.74. The number of hydrogen-bond donors (Lipinski definition) is 1. The van der Waals surface area contributed by atoms with E-state index in [1.165, 1.54) is 71.1 Å². The molecule has 0 amide bonds. The van der Waals surface area contributed by atoms with Crippen LogP contribution < -0.4 is 0 Å². The highest BCUT2D eigenvalue weighted by atomic mass is 32.2. The van der Waals surface area contributed by atoms with Gasteiger partial charge in [0.15, 0.2) is 4.75 Å². The summed E-state index contributed by atoms with van der Waals surface area (Å²) in [6.07, 6.45) is 18.5. The number of ether oxygens (including phenoxy) is 1. The first-order valence-corrected chi connectivity index (χ1v) is 13.4. The lowest BCUT2D eigenvalue weighted by Gasteiger charge is -2.24. The minimum absolute atomic E-state index is 0.106. The Kier molecular flexibility index (Phi) is 16.7. The molecule has 1 N–H and O–H groups in total. The van der Waals surface area contributed by atoms with Gasteiger partial charge in [0, 0.05) is 0 Å². The van der Waals surface area contributed by atoms with Gasteiger partial charge in [0.25, 0.3) is 10.1 Å². The van der Waals surface area contributed by atoms with Gasteiger partial charge in [0.2, 0.25) is 0 Å². The van der Waals surface area contributed by atoms with Gasteiger partial charge in [0.05, 0.1) is 6.61 Å². The molecule has 0 aromatic heterocycles. The van der Waals surface area contributed by atoms with Gasteiger partial charge in [-0.1, -0.05) is 110 Å². The first-order valence-electron chi connectivity index (χ1n) is 11.9. The van der Waals surface area contributed by atoms with E-state index in [0.29, 0.717) is 12.8 Å². The van der Waals surface area contributed by atoms with E-state index in [0.717, 1.165) is 25.7 Å². The zero-order valence-electron chi connectivity index (χ0n) is 19.2. The molecule has 6 heteroatoms. The topological polar surface area (TPSA) is 80.7 Å². The number of unbranched alkanes of at least 4 members (excludes halogenated alkanes) is 14. The first-order chi connectivity index (χ1) is 13.8. The van der Waals surface area contributed by atoms with E-state index < -0.39 is 20.8 Å². The lowest BCUT2D eigenvalue weighted by atomic mass is 10.0. The second-order valence-electron chi connectivity index (χ2n) is 8.54. The van der Waals surface area contributed by atoms with Gasteiger partial charge in [-0.05, 0) is 19.8 Å². The molecule has 0 fully saturated rings. The molecule has 0 heterocycles. The predicted molar refractivity (Wildman–Crippen MR) is 121 cm³/mol. The van der Waals surface area contributed by atoms with Crippen molar-refractivity contribution in [1.82, 2.24) is 0 Å². The average Bonchev–Trinajstić information content (AvgIpc) is 2.67. The van der Waals surface area contributed by atoms with Gasteiger partial charge in [-0.2, -0.15) is 8.42 Å². The number of rotatable bonds is 20. The van der Waals surface area contributed by atoms with Crippen molar-refractivity contribution in [3.8, 4) is 0 Å². The van der Waals surface area contributed by atoms with Crippen LogP contribution in [0, 0.1) is 0 Å². The van der Waals surface area contributed by atoms with Gasteiger partial charge in [0.1, 0.15) is 0 Å². The SMILES string of the molecule is CCCCCCCCCCCCCCCCC(C)(C(=O)OCCCC)S(=O)(=O)O. The van der Waals surface area contributed by atoms with Crippen molar-refractivity contribution in [1.29, 1.82) is 0 Å². The van der Waals surface area contributed by atoms with E-state index >= 15 is 0 Å². The van der Waals surface area contributed by atoms with Crippen LogP contribution >= 0.6 is 0 Å². The van der Waals surface area contributed by atoms with Crippen molar-refractivity contribution in [3.63, 3.8) is 0 Å². The van der Waals surface area contributed by atoms with Crippen LogP contribution in [0.5, 0.6) is 0 Å². The Morgan fingerprint density at radius 3 is 1.48 bits per heavy atom. The third kappa shape index (κ3) is 13.3. The van der Waals surface area contributed by atoms with Crippen LogP contribution in [-0.2, 0) is 19.6 Å². The summed E-state index contributed by atoms with van der Waals surface area (Å²) in [5, 5.41) is 0. The molecule has 0 aliphatic carbocycles. The Labute approximate surface area is 180 Å². The second-order valence-corrected chi connectivity index (χ2v) is 10.4. The van der Waals surface area contributed by atoms with Gasteiger partial charge in [-0.15, -0.1) is 0 Å². The fourth-order valence-electron chi connectivity index (χ4n) is 3.46. The maximum atomic E-state index is 12.2. The standard InChI is InChI=1S/C23H46O5S/c1-4-6-8-9-10-11-12-13-14-15-16-17-18-19-20-23(3,29(25,26)27)22(24)28-21-7-5-2/h4-21H2,1-3H3,(H,25,26,27). The minimum atomic E-state index is -4.49.